The summed E-state index contributed by atoms with van der Waals surface area (Å²) in [5.41, 5.74) is 1.59. The predicted octanol–water partition coefficient (Wildman–Crippen LogP) is 3.87. The van der Waals surface area contributed by atoms with Gasteiger partial charge < -0.3 is 15.4 Å². The van der Waals surface area contributed by atoms with Crippen LogP contribution in [0.1, 0.15) is 46.9 Å². The minimum absolute atomic E-state index is 0.157. The first kappa shape index (κ1) is 18.5. The van der Waals surface area contributed by atoms with E-state index >= 15 is 0 Å². The highest BCUT2D eigenvalue weighted by Crippen LogP contribution is 2.16. The summed E-state index contributed by atoms with van der Waals surface area (Å²) < 4.78 is 5.09. The van der Waals surface area contributed by atoms with Gasteiger partial charge in [0.05, 0.1) is 7.11 Å². The van der Waals surface area contributed by atoms with Gasteiger partial charge in [-0.3, -0.25) is 9.59 Å². The van der Waals surface area contributed by atoms with Gasteiger partial charge in [0.25, 0.3) is 11.8 Å². The zero-order valence-corrected chi connectivity index (χ0v) is 14.7. The third-order valence-corrected chi connectivity index (χ3v) is 3.80. The molecular formula is C20H24N2O3. The zero-order chi connectivity index (χ0) is 18.1. The van der Waals surface area contributed by atoms with E-state index in [4.69, 9.17) is 4.74 Å². The maximum Gasteiger partial charge on any atom is 0.255 e. The van der Waals surface area contributed by atoms with Crippen LogP contribution in [0.5, 0.6) is 5.75 Å². The van der Waals surface area contributed by atoms with Crippen LogP contribution in [0.4, 0.5) is 5.69 Å². The van der Waals surface area contributed by atoms with Crippen molar-refractivity contribution < 1.29 is 14.3 Å². The number of anilines is 1. The number of methoxy groups -OCH3 is 1. The molecular weight excluding hydrogens is 316 g/mol. The van der Waals surface area contributed by atoms with Gasteiger partial charge in [-0.05, 0) is 48.9 Å². The molecule has 0 heterocycles. The number of benzene rings is 2. The molecule has 0 saturated carbocycles. The van der Waals surface area contributed by atoms with Gasteiger partial charge >= 0.3 is 0 Å². The molecule has 0 aliphatic heterocycles. The molecule has 0 saturated heterocycles. The lowest BCUT2D eigenvalue weighted by Gasteiger charge is -2.08. The normalized spacial score (nSPS) is 10.2. The minimum atomic E-state index is -0.259. The summed E-state index contributed by atoms with van der Waals surface area (Å²) >= 11 is 0. The van der Waals surface area contributed by atoms with E-state index in [1.807, 2.05) is 0 Å². The topological polar surface area (TPSA) is 67.4 Å². The first-order chi connectivity index (χ1) is 12.1. The van der Waals surface area contributed by atoms with E-state index in [-0.39, 0.29) is 11.8 Å². The first-order valence-electron chi connectivity index (χ1n) is 8.47. The van der Waals surface area contributed by atoms with Gasteiger partial charge in [-0.2, -0.15) is 0 Å². The molecule has 0 aliphatic rings. The highest BCUT2D eigenvalue weighted by molar-refractivity contribution is 6.06. The van der Waals surface area contributed by atoms with Crippen LogP contribution >= 0.6 is 0 Å². The Kier molecular flexibility index (Phi) is 7.01. The molecule has 0 radical (unpaired) electrons. The minimum Gasteiger partial charge on any atom is -0.497 e. The Labute approximate surface area is 148 Å². The van der Waals surface area contributed by atoms with Crippen LogP contribution in [0.25, 0.3) is 0 Å². The summed E-state index contributed by atoms with van der Waals surface area (Å²) in [6.45, 7) is 2.77. The fourth-order valence-corrected chi connectivity index (χ4v) is 2.36. The number of carbonyl (C=O) groups excluding carboxylic acids is 2. The average Bonchev–Trinajstić information content (AvgIpc) is 2.65. The summed E-state index contributed by atoms with van der Waals surface area (Å²) in [6, 6.07) is 13.8. The molecule has 0 aliphatic carbocycles. The number of rotatable bonds is 8. The monoisotopic (exact) mass is 340 g/mol. The molecule has 2 rings (SSSR count). The highest BCUT2D eigenvalue weighted by atomic mass is 16.5. The highest BCUT2D eigenvalue weighted by Gasteiger charge is 2.10. The Bertz CT molecular complexity index is 711. The van der Waals surface area contributed by atoms with E-state index in [1.165, 1.54) is 0 Å². The van der Waals surface area contributed by atoms with E-state index in [1.54, 1.807) is 55.6 Å². The summed E-state index contributed by atoms with van der Waals surface area (Å²) in [7, 11) is 1.59. The number of amides is 2. The molecule has 0 spiro atoms. The number of nitrogens with one attached hydrogen (secondary N) is 2. The van der Waals surface area contributed by atoms with Crippen molar-refractivity contribution in [2.75, 3.05) is 19.0 Å². The van der Waals surface area contributed by atoms with Gasteiger partial charge in [0.2, 0.25) is 0 Å². The van der Waals surface area contributed by atoms with Gasteiger partial charge in [-0.15, -0.1) is 0 Å². The first-order valence-corrected chi connectivity index (χ1v) is 8.47. The van der Waals surface area contributed by atoms with Crippen LogP contribution in [0.3, 0.4) is 0 Å². The summed E-state index contributed by atoms with van der Waals surface area (Å²) in [5.74, 6) is 0.306. The van der Waals surface area contributed by atoms with E-state index in [0.29, 0.717) is 23.4 Å². The van der Waals surface area contributed by atoms with Gasteiger partial charge in [-0.25, -0.2) is 0 Å². The van der Waals surface area contributed by atoms with Crippen molar-refractivity contribution in [2.24, 2.45) is 0 Å². The van der Waals surface area contributed by atoms with Crippen molar-refractivity contribution in [3.63, 3.8) is 0 Å². The van der Waals surface area contributed by atoms with Crippen LogP contribution in [-0.2, 0) is 0 Å². The molecule has 0 atom stereocenters. The Balaban J connectivity index is 1.99. The molecule has 132 valence electrons. The van der Waals surface area contributed by atoms with Crippen LogP contribution in [0.15, 0.2) is 48.5 Å². The lowest BCUT2D eigenvalue weighted by Crippen LogP contribution is -2.24. The summed E-state index contributed by atoms with van der Waals surface area (Å²) in [6.07, 6.45) is 3.15. The maximum atomic E-state index is 12.4. The van der Waals surface area contributed by atoms with Gasteiger partial charge in [-0.1, -0.05) is 25.8 Å². The molecule has 2 amide bonds. The summed E-state index contributed by atoms with van der Waals surface area (Å²) in [4.78, 5) is 24.5. The Morgan fingerprint density at radius 1 is 0.960 bits per heavy atom. The van der Waals surface area contributed by atoms with Crippen molar-refractivity contribution >= 4 is 17.5 Å². The molecule has 0 aromatic heterocycles. The molecule has 2 aromatic rings. The third kappa shape index (κ3) is 5.64. The van der Waals surface area contributed by atoms with E-state index < -0.39 is 0 Å². The van der Waals surface area contributed by atoms with Crippen molar-refractivity contribution in [3.05, 3.63) is 59.7 Å². The molecule has 2 aromatic carbocycles. The van der Waals surface area contributed by atoms with E-state index in [0.717, 1.165) is 25.0 Å². The van der Waals surface area contributed by atoms with Crippen molar-refractivity contribution in [2.45, 2.75) is 26.2 Å². The van der Waals surface area contributed by atoms with Gasteiger partial charge in [0.1, 0.15) is 5.75 Å². The Morgan fingerprint density at radius 3 is 2.28 bits per heavy atom. The smallest absolute Gasteiger partial charge is 0.255 e. The third-order valence-electron chi connectivity index (χ3n) is 3.80. The molecule has 0 unspecified atom stereocenters. The summed E-state index contributed by atoms with van der Waals surface area (Å²) in [5, 5.41) is 5.69. The van der Waals surface area contributed by atoms with Crippen LogP contribution in [0, 0.1) is 0 Å². The number of hydrogen-bond acceptors (Lipinski definition) is 3. The lowest BCUT2D eigenvalue weighted by atomic mass is 10.1. The second kappa shape index (κ2) is 9.47. The quantitative estimate of drug-likeness (QED) is 0.717. The second-order valence-electron chi connectivity index (χ2n) is 5.73. The predicted molar refractivity (Wildman–Crippen MR) is 99.2 cm³/mol. The molecule has 2 N–H and O–H groups in total. The maximum absolute atomic E-state index is 12.4. The molecule has 5 heteroatoms. The van der Waals surface area contributed by atoms with Crippen molar-refractivity contribution in [3.8, 4) is 5.75 Å². The molecule has 0 fully saturated rings. The van der Waals surface area contributed by atoms with Crippen LogP contribution in [-0.4, -0.2) is 25.5 Å². The standard InChI is InChI=1S/C20H24N2O3/c1-3-4-5-13-21-19(23)15-7-6-8-16(14-15)20(24)22-17-9-11-18(25-2)12-10-17/h6-12,14H,3-5,13H2,1-2H3,(H,21,23)(H,22,24). The molecule has 0 bridgehead atoms. The Morgan fingerprint density at radius 2 is 1.64 bits per heavy atom. The van der Waals surface area contributed by atoms with E-state index in [2.05, 4.69) is 17.6 Å². The second-order valence-corrected chi connectivity index (χ2v) is 5.73. The average molecular weight is 340 g/mol. The van der Waals surface area contributed by atoms with Crippen LogP contribution in [0.2, 0.25) is 0 Å². The van der Waals surface area contributed by atoms with Gasteiger partial charge in [0, 0.05) is 23.4 Å². The number of ether oxygens (including phenoxy) is 1. The van der Waals surface area contributed by atoms with Gasteiger partial charge in [0.15, 0.2) is 0 Å². The fourth-order valence-electron chi connectivity index (χ4n) is 2.36. The molecule has 5 nitrogen and oxygen atoms in total. The van der Waals surface area contributed by atoms with Crippen molar-refractivity contribution in [1.29, 1.82) is 0 Å². The Hall–Kier alpha value is -2.82. The van der Waals surface area contributed by atoms with E-state index in [9.17, 15) is 9.59 Å². The lowest BCUT2D eigenvalue weighted by molar-refractivity contribution is 0.0953. The van der Waals surface area contributed by atoms with Crippen LogP contribution < -0.4 is 15.4 Å². The number of unbranched alkanes of at least 4 members (excludes halogenated alkanes) is 2. The SMILES string of the molecule is CCCCCNC(=O)c1cccc(C(=O)Nc2ccc(OC)cc2)c1. The fraction of sp³-hybridized carbons (Fsp3) is 0.300. The molecule has 25 heavy (non-hydrogen) atoms. The number of hydrogen-bond donors (Lipinski definition) is 2. The van der Waals surface area contributed by atoms with Crippen molar-refractivity contribution in [1.82, 2.24) is 5.32 Å². The number of carbonyl (C=O) groups is 2. The zero-order valence-electron chi connectivity index (χ0n) is 14.7. The largest absolute Gasteiger partial charge is 0.497 e.